The Morgan fingerprint density at radius 1 is 1.37 bits per heavy atom. The van der Waals surface area contributed by atoms with Gasteiger partial charge in [0.2, 0.25) is 0 Å². The van der Waals surface area contributed by atoms with E-state index in [1.165, 1.54) is 35.5 Å². The maximum atomic E-state index is 5.39. The predicted molar refractivity (Wildman–Crippen MR) is 78.2 cm³/mol. The number of fused-ring (bicyclic) bond motifs is 1. The van der Waals surface area contributed by atoms with Crippen LogP contribution in [0, 0.1) is 11.8 Å². The van der Waals surface area contributed by atoms with Crippen LogP contribution in [0.4, 0.5) is 0 Å². The van der Waals surface area contributed by atoms with E-state index in [0.29, 0.717) is 6.54 Å². The van der Waals surface area contributed by atoms with Gasteiger partial charge in [-0.3, -0.25) is 0 Å². The summed E-state index contributed by atoms with van der Waals surface area (Å²) in [6, 6.07) is 2.16. The second kappa shape index (κ2) is 5.60. The Morgan fingerprint density at radius 3 is 3.16 bits per heavy atom. The first-order valence-corrected chi connectivity index (χ1v) is 7.54. The summed E-state index contributed by atoms with van der Waals surface area (Å²) in [4.78, 5) is 5.86. The van der Waals surface area contributed by atoms with Gasteiger partial charge in [-0.2, -0.15) is 0 Å². The average Bonchev–Trinajstić information content (AvgIpc) is 3.05. The lowest BCUT2D eigenvalue weighted by atomic mass is 10.0. The molecule has 4 heteroatoms. The fraction of sp³-hybridized carbons (Fsp3) is 0.400. The third-order valence-electron chi connectivity index (χ3n) is 3.42. The van der Waals surface area contributed by atoms with Gasteiger partial charge in [-0.25, -0.2) is 4.98 Å². The van der Waals surface area contributed by atoms with Crippen molar-refractivity contribution in [1.29, 1.82) is 0 Å². The molecule has 0 atom stereocenters. The molecule has 0 fully saturated rings. The summed E-state index contributed by atoms with van der Waals surface area (Å²) in [5.41, 5.74) is 9.18. The molecule has 1 aliphatic carbocycles. The van der Waals surface area contributed by atoms with Crippen molar-refractivity contribution in [2.24, 2.45) is 5.73 Å². The normalized spacial score (nSPS) is 13.7. The molecule has 19 heavy (non-hydrogen) atoms. The second-order valence-electron chi connectivity index (χ2n) is 4.78. The Bertz CT molecular complexity index is 627. The Kier molecular flexibility index (Phi) is 3.67. The lowest BCUT2D eigenvalue weighted by Crippen LogP contribution is -2.08. The fourth-order valence-electron chi connectivity index (χ4n) is 2.52. The molecule has 0 aromatic carbocycles. The molecule has 0 unspecified atom stereocenters. The number of aromatic nitrogens is 2. The Balaban J connectivity index is 1.78. The molecule has 2 N–H and O–H groups in total. The molecule has 1 aliphatic rings. The van der Waals surface area contributed by atoms with Gasteiger partial charge in [0.1, 0.15) is 0 Å². The highest BCUT2D eigenvalue weighted by atomic mass is 32.1. The smallest absolute Gasteiger partial charge is 0.0955 e. The molecule has 0 amide bonds. The van der Waals surface area contributed by atoms with E-state index in [1.54, 1.807) is 11.3 Å². The lowest BCUT2D eigenvalue weighted by Gasteiger charge is -2.13. The molecule has 0 aliphatic heterocycles. The third-order valence-corrected chi connectivity index (χ3v) is 4.35. The van der Waals surface area contributed by atoms with Crippen LogP contribution >= 0.6 is 11.3 Å². The number of hydrogen-bond donors (Lipinski definition) is 1. The van der Waals surface area contributed by atoms with E-state index < -0.39 is 0 Å². The minimum Gasteiger partial charge on any atom is -0.329 e. The van der Waals surface area contributed by atoms with E-state index in [1.807, 2.05) is 6.33 Å². The molecule has 98 valence electrons. The molecule has 2 heterocycles. The van der Waals surface area contributed by atoms with Gasteiger partial charge in [0.25, 0.3) is 0 Å². The Labute approximate surface area is 117 Å². The molecule has 2 aromatic heterocycles. The average molecular weight is 271 g/mol. The molecule has 3 rings (SSSR count). The van der Waals surface area contributed by atoms with Gasteiger partial charge in [-0.1, -0.05) is 11.8 Å². The van der Waals surface area contributed by atoms with Crippen molar-refractivity contribution in [1.82, 2.24) is 9.55 Å². The zero-order valence-corrected chi connectivity index (χ0v) is 11.7. The summed E-state index contributed by atoms with van der Waals surface area (Å²) in [6.45, 7) is 1.33. The lowest BCUT2D eigenvalue weighted by molar-refractivity contribution is 0.630. The van der Waals surface area contributed by atoms with Gasteiger partial charge in [0, 0.05) is 21.5 Å². The zero-order chi connectivity index (χ0) is 13.1. The fourth-order valence-corrected chi connectivity index (χ4v) is 3.33. The van der Waals surface area contributed by atoms with Crippen LogP contribution in [0.15, 0.2) is 17.8 Å². The number of nitrogens with two attached hydrogens (primary N) is 1. The van der Waals surface area contributed by atoms with Crippen molar-refractivity contribution in [2.45, 2.75) is 32.2 Å². The SMILES string of the molecule is NCC#Cc1csc(Cn2cnc3c2CCCC3)c1. The van der Waals surface area contributed by atoms with Crippen molar-refractivity contribution in [3.8, 4) is 11.8 Å². The standard InChI is InChI=1S/C15H17N3S/c16-7-3-4-12-8-13(19-10-12)9-18-11-17-14-5-1-2-6-15(14)18/h8,10-11H,1-2,5-7,9,16H2. The summed E-state index contributed by atoms with van der Waals surface area (Å²) >= 11 is 1.76. The minimum atomic E-state index is 0.417. The van der Waals surface area contributed by atoms with Crippen LogP contribution < -0.4 is 5.73 Å². The highest BCUT2D eigenvalue weighted by molar-refractivity contribution is 7.10. The highest BCUT2D eigenvalue weighted by Gasteiger charge is 2.15. The first-order chi connectivity index (χ1) is 9.36. The van der Waals surface area contributed by atoms with Crippen molar-refractivity contribution >= 4 is 11.3 Å². The maximum absolute atomic E-state index is 5.39. The number of hydrogen-bond acceptors (Lipinski definition) is 3. The topological polar surface area (TPSA) is 43.8 Å². The summed E-state index contributed by atoms with van der Waals surface area (Å²) < 4.78 is 2.29. The number of thiophene rings is 1. The number of rotatable bonds is 2. The third kappa shape index (κ3) is 2.73. The molecule has 2 aromatic rings. The molecule has 3 nitrogen and oxygen atoms in total. The van der Waals surface area contributed by atoms with Crippen molar-refractivity contribution in [3.63, 3.8) is 0 Å². The summed E-state index contributed by atoms with van der Waals surface area (Å²) in [5.74, 6) is 5.97. The molecule has 0 bridgehead atoms. The van der Waals surface area contributed by atoms with Crippen LogP contribution in [-0.4, -0.2) is 16.1 Å². The molecular weight excluding hydrogens is 254 g/mol. The first-order valence-electron chi connectivity index (χ1n) is 6.66. The van der Waals surface area contributed by atoms with Gasteiger partial charge in [-0.15, -0.1) is 11.3 Å². The zero-order valence-electron chi connectivity index (χ0n) is 10.9. The monoisotopic (exact) mass is 271 g/mol. The van der Waals surface area contributed by atoms with Crippen LogP contribution in [0.25, 0.3) is 0 Å². The van der Waals surface area contributed by atoms with E-state index in [0.717, 1.165) is 18.5 Å². The molecule has 0 saturated heterocycles. The van der Waals surface area contributed by atoms with Crippen molar-refractivity contribution in [2.75, 3.05) is 6.54 Å². The van der Waals surface area contributed by atoms with Crippen LogP contribution in [0.2, 0.25) is 0 Å². The van der Waals surface area contributed by atoms with Gasteiger partial charge >= 0.3 is 0 Å². The van der Waals surface area contributed by atoms with E-state index in [4.69, 9.17) is 5.73 Å². The molecular formula is C15H17N3S. The van der Waals surface area contributed by atoms with Crippen molar-refractivity contribution in [3.05, 3.63) is 39.6 Å². The largest absolute Gasteiger partial charge is 0.329 e. The summed E-state index contributed by atoms with van der Waals surface area (Å²) in [5, 5.41) is 2.10. The maximum Gasteiger partial charge on any atom is 0.0955 e. The van der Waals surface area contributed by atoms with Gasteiger partial charge in [0.15, 0.2) is 0 Å². The second-order valence-corrected chi connectivity index (χ2v) is 5.78. The van der Waals surface area contributed by atoms with Crippen LogP contribution in [0.5, 0.6) is 0 Å². The van der Waals surface area contributed by atoms with Crippen LogP contribution in [0.1, 0.15) is 34.7 Å². The summed E-state index contributed by atoms with van der Waals surface area (Å²) in [6.07, 6.45) is 6.86. The van der Waals surface area contributed by atoms with E-state index in [-0.39, 0.29) is 0 Å². The quantitative estimate of drug-likeness (QED) is 0.851. The molecule has 0 saturated carbocycles. The van der Waals surface area contributed by atoms with E-state index >= 15 is 0 Å². The molecule has 0 radical (unpaired) electrons. The Hall–Kier alpha value is -1.57. The van der Waals surface area contributed by atoms with Crippen LogP contribution in [-0.2, 0) is 19.4 Å². The van der Waals surface area contributed by atoms with Crippen LogP contribution in [0.3, 0.4) is 0 Å². The minimum absolute atomic E-state index is 0.417. The summed E-state index contributed by atoms with van der Waals surface area (Å²) in [7, 11) is 0. The predicted octanol–water partition coefficient (Wildman–Crippen LogP) is 2.18. The van der Waals surface area contributed by atoms with Gasteiger partial charge in [-0.05, 0) is 31.7 Å². The highest BCUT2D eigenvalue weighted by Crippen LogP contribution is 2.22. The first kappa shape index (κ1) is 12.5. The molecule has 0 spiro atoms. The van der Waals surface area contributed by atoms with Crippen molar-refractivity contribution < 1.29 is 0 Å². The van der Waals surface area contributed by atoms with Gasteiger partial charge < -0.3 is 10.3 Å². The number of nitrogens with zero attached hydrogens (tertiary/aromatic N) is 2. The van der Waals surface area contributed by atoms with E-state index in [2.05, 4.69) is 32.8 Å². The number of aryl methyl sites for hydroxylation is 1. The number of imidazole rings is 1. The van der Waals surface area contributed by atoms with Gasteiger partial charge in [0.05, 0.1) is 25.1 Å². The van der Waals surface area contributed by atoms with E-state index in [9.17, 15) is 0 Å². The Morgan fingerprint density at radius 2 is 2.26 bits per heavy atom.